The number of amides is 2. The van der Waals surface area contributed by atoms with E-state index in [0.717, 1.165) is 0 Å². The van der Waals surface area contributed by atoms with Crippen molar-refractivity contribution in [3.63, 3.8) is 0 Å². The molecule has 0 unspecified atom stereocenters. The highest BCUT2D eigenvalue weighted by Gasteiger charge is 2.13. The molecule has 0 bridgehead atoms. The van der Waals surface area contributed by atoms with Crippen molar-refractivity contribution in [2.75, 3.05) is 11.9 Å². The molecule has 1 heterocycles. The van der Waals surface area contributed by atoms with E-state index in [1.165, 1.54) is 6.20 Å². The fourth-order valence-electron chi connectivity index (χ4n) is 1.41. The number of unbranched alkanes of at least 4 members (excludes halogenated alkanes) is 2. The average molecular weight is 268 g/mol. The molecule has 0 aromatic carbocycles. The van der Waals surface area contributed by atoms with Gasteiger partial charge in [0, 0.05) is 19.0 Å². The SMILES string of the molecule is O=C(O)NCCCCCC(=O)C(=O)Nc1ccn[nH]1. The number of hydrogen-bond donors (Lipinski definition) is 4. The summed E-state index contributed by atoms with van der Waals surface area (Å²) in [6.45, 7) is 0.351. The van der Waals surface area contributed by atoms with Gasteiger partial charge in [-0.2, -0.15) is 5.10 Å². The highest BCUT2D eigenvalue weighted by molar-refractivity contribution is 6.40. The molecule has 8 nitrogen and oxygen atoms in total. The van der Waals surface area contributed by atoms with Gasteiger partial charge in [0.05, 0.1) is 6.20 Å². The van der Waals surface area contributed by atoms with E-state index < -0.39 is 17.8 Å². The van der Waals surface area contributed by atoms with Gasteiger partial charge in [-0.15, -0.1) is 0 Å². The van der Waals surface area contributed by atoms with Gasteiger partial charge in [0.1, 0.15) is 5.82 Å². The molecule has 0 aliphatic rings. The van der Waals surface area contributed by atoms with Gasteiger partial charge in [0.15, 0.2) is 0 Å². The fourth-order valence-corrected chi connectivity index (χ4v) is 1.41. The van der Waals surface area contributed by atoms with Crippen molar-refractivity contribution < 1.29 is 19.5 Å². The Morgan fingerprint density at radius 3 is 2.68 bits per heavy atom. The molecular formula is C11H16N4O4. The predicted molar refractivity (Wildman–Crippen MR) is 66.7 cm³/mol. The fraction of sp³-hybridized carbons (Fsp3) is 0.455. The summed E-state index contributed by atoms with van der Waals surface area (Å²) in [6, 6.07) is 1.54. The topological polar surface area (TPSA) is 124 Å². The first kappa shape index (κ1) is 14.7. The summed E-state index contributed by atoms with van der Waals surface area (Å²) < 4.78 is 0. The van der Waals surface area contributed by atoms with E-state index in [-0.39, 0.29) is 6.42 Å². The van der Waals surface area contributed by atoms with Crippen molar-refractivity contribution >= 4 is 23.6 Å². The Balaban J connectivity index is 2.10. The predicted octanol–water partition coefficient (Wildman–Crippen LogP) is 0.745. The van der Waals surface area contributed by atoms with Crippen LogP contribution in [0.15, 0.2) is 12.3 Å². The Kier molecular flexibility index (Phi) is 6.07. The van der Waals surface area contributed by atoms with Crippen LogP contribution in [0.2, 0.25) is 0 Å². The molecule has 0 radical (unpaired) electrons. The lowest BCUT2D eigenvalue weighted by molar-refractivity contribution is -0.134. The second-order valence-electron chi connectivity index (χ2n) is 3.89. The molecule has 1 rings (SSSR count). The molecule has 2 amide bonds. The maximum atomic E-state index is 11.5. The number of aromatic nitrogens is 2. The number of Topliss-reactive ketones (excluding diaryl/α,β-unsaturated/α-hetero) is 1. The van der Waals surface area contributed by atoms with Gasteiger partial charge in [-0.05, 0) is 12.8 Å². The van der Waals surface area contributed by atoms with E-state index in [0.29, 0.717) is 31.6 Å². The third kappa shape index (κ3) is 6.20. The Morgan fingerprint density at radius 2 is 2.05 bits per heavy atom. The summed E-state index contributed by atoms with van der Waals surface area (Å²) in [5.41, 5.74) is 0. The van der Waals surface area contributed by atoms with E-state index in [9.17, 15) is 14.4 Å². The first-order valence-corrected chi connectivity index (χ1v) is 5.90. The highest BCUT2D eigenvalue weighted by Crippen LogP contribution is 2.03. The molecule has 104 valence electrons. The number of anilines is 1. The van der Waals surface area contributed by atoms with Crippen LogP contribution in [0, 0.1) is 0 Å². The number of carbonyl (C=O) groups is 3. The summed E-state index contributed by atoms with van der Waals surface area (Å²) in [5.74, 6) is -0.794. The lowest BCUT2D eigenvalue weighted by Gasteiger charge is -2.02. The van der Waals surface area contributed by atoms with Gasteiger partial charge in [0.25, 0.3) is 5.91 Å². The summed E-state index contributed by atoms with van der Waals surface area (Å²) in [6.07, 6.45) is 2.43. The number of nitrogens with one attached hydrogen (secondary N) is 3. The third-order valence-electron chi connectivity index (χ3n) is 2.36. The second-order valence-corrected chi connectivity index (χ2v) is 3.89. The minimum atomic E-state index is -1.06. The molecular weight excluding hydrogens is 252 g/mol. The normalized spacial score (nSPS) is 9.89. The summed E-state index contributed by atoms with van der Waals surface area (Å²) >= 11 is 0. The number of carboxylic acid groups (broad SMARTS) is 1. The van der Waals surface area contributed by atoms with E-state index >= 15 is 0 Å². The first-order chi connectivity index (χ1) is 9.09. The zero-order valence-electron chi connectivity index (χ0n) is 10.3. The molecule has 1 aromatic heterocycles. The van der Waals surface area contributed by atoms with Gasteiger partial charge >= 0.3 is 6.09 Å². The molecule has 19 heavy (non-hydrogen) atoms. The largest absolute Gasteiger partial charge is 0.465 e. The summed E-state index contributed by atoms with van der Waals surface area (Å²) in [5, 5.41) is 19.1. The van der Waals surface area contributed by atoms with Crippen LogP contribution in [0.5, 0.6) is 0 Å². The number of nitrogens with zero attached hydrogens (tertiary/aromatic N) is 1. The summed E-state index contributed by atoms with van der Waals surface area (Å²) in [7, 11) is 0. The highest BCUT2D eigenvalue weighted by atomic mass is 16.4. The third-order valence-corrected chi connectivity index (χ3v) is 2.36. The minimum absolute atomic E-state index is 0.146. The summed E-state index contributed by atoms with van der Waals surface area (Å²) in [4.78, 5) is 33.0. The number of carbonyl (C=O) groups excluding carboxylic acids is 2. The monoisotopic (exact) mass is 268 g/mol. The van der Waals surface area contributed by atoms with Crippen molar-refractivity contribution in [3.8, 4) is 0 Å². The molecule has 0 fully saturated rings. The molecule has 0 aliphatic heterocycles. The van der Waals surface area contributed by atoms with E-state index in [2.05, 4.69) is 20.8 Å². The molecule has 4 N–H and O–H groups in total. The van der Waals surface area contributed by atoms with Gasteiger partial charge < -0.3 is 15.7 Å². The molecule has 8 heteroatoms. The van der Waals surface area contributed by atoms with Crippen molar-refractivity contribution in [1.82, 2.24) is 15.5 Å². The molecule has 0 saturated heterocycles. The quantitative estimate of drug-likeness (QED) is 0.409. The van der Waals surface area contributed by atoms with E-state index in [1.54, 1.807) is 6.07 Å². The number of aromatic amines is 1. The van der Waals surface area contributed by atoms with Crippen LogP contribution in [0.3, 0.4) is 0 Å². The van der Waals surface area contributed by atoms with Crippen molar-refractivity contribution in [3.05, 3.63) is 12.3 Å². The van der Waals surface area contributed by atoms with Crippen LogP contribution in [-0.4, -0.2) is 39.6 Å². The Labute approximate surface area is 109 Å². The van der Waals surface area contributed by atoms with Gasteiger partial charge in [0.2, 0.25) is 5.78 Å². The molecule has 0 saturated carbocycles. The van der Waals surface area contributed by atoms with Gasteiger partial charge in [-0.25, -0.2) is 4.79 Å². The van der Waals surface area contributed by atoms with E-state index in [4.69, 9.17) is 5.11 Å². The number of ketones is 1. The minimum Gasteiger partial charge on any atom is -0.465 e. The second kappa shape index (κ2) is 7.85. The zero-order valence-corrected chi connectivity index (χ0v) is 10.3. The molecule has 0 aliphatic carbocycles. The van der Waals surface area contributed by atoms with E-state index in [1.807, 2.05) is 0 Å². The number of hydrogen-bond acceptors (Lipinski definition) is 4. The number of rotatable bonds is 8. The van der Waals surface area contributed by atoms with Crippen LogP contribution in [0.4, 0.5) is 10.6 Å². The van der Waals surface area contributed by atoms with Gasteiger partial charge in [-0.1, -0.05) is 6.42 Å². The van der Waals surface area contributed by atoms with Gasteiger partial charge in [-0.3, -0.25) is 14.7 Å². The Morgan fingerprint density at radius 1 is 1.26 bits per heavy atom. The van der Waals surface area contributed by atoms with Crippen LogP contribution in [-0.2, 0) is 9.59 Å². The first-order valence-electron chi connectivity index (χ1n) is 5.90. The van der Waals surface area contributed by atoms with Crippen molar-refractivity contribution in [1.29, 1.82) is 0 Å². The van der Waals surface area contributed by atoms with Crippen LogP contribution >= 0.6 is 0 Å². The Bertz CT molecular complexity index is 430. The van der Waals surface area contributed by atoms with Crippen LogP contribution < -0.4 is 10.6 Å². The lowest BCUT2D eigenvalue weighted by Crippen LogP contribution is -2.23. The molecule has 1 aromatic rings. The average Bonchev–Trinajstić information content (AvgIpc) is 2.85. The molecule has 0 atom stereocenters. The maximum Gasteiger partial charge on any atom is 0.404 e. The van der Waals surface area contributed by atoms with Crippen LogP contribution in [0.25, 0.3) is 0 Å². The maximum absolute atomic E-state index is 11.5. The Hall–Kier alpha value is -2.38. The molecule has 0 spiro atoms. The zero-order chi connectivity index (χ0) is 14.1. The standard InChI is InChI=1S/C11H16N4O4/c16-8(4-2-1-3-6-12-11(18)19)10(17)14-9-5-7-13-15-9/h5,7,12H,1-4,6H2,(H,18,19)(H2,13,14,15,17). The van der Waals surface area contributed by atoms with Crippen LogP contribution in [0.1, 0.15) is 25.7 Å². The lowest BCUT2D eigenvalue weighted by atomic mass is 10.1. The smallest absolute Gasteiger partial charge is 0.404 e. The van der Waals surface area contributed by atoms with Crippen molar-refractivity contribution in [2.45, 2.75) is 25.7 Å². The number of H-pyrrole nitrogens is 1. The van der Waals surface area contributed by atoms with Crippen molar-refractivity contribution in [2.24, 2.45) is 0 Å².